The Hall–Kier alpha value is -3.58. The van der Waals surface area contributed by atoms with E-state index in [1.807, 2.05) is 30.3 Å². The highest BCUT2D eigenvalue weighted by Crippen LogP contribution is 2.25. The minimum absolute atomic E-state index is 0.184. The molecule has 0 radical (unpaired) electrons. The number of anilines is 3. The van der Waals surface area contributed by atoms with E-state index in [0.29, 0.717) is 18.2 Å². The molecule has 7 heteroatoms. The lowest BCUT2D eigenvalue weighted by Gasteiger charge is -2.32. The summed E-state index contributed by atoms with van der Waals surface area (Å²) in [7, 11) is 0. The van der Waals surface area contributed by atoms with E-state index >= 15 is 0 Å². The highest BCUT2D eigenvalue weighted by Gasteiger charge is 2.21. The molecule has 4 aromatic rings. The lowest BCUT2D eigenvalue weighted by molar-refractivity contribution is 0.226. The van der Waals surface area contributed by atoms with Gasteiger partial charge in [-0.2, -0.15) is 0 Å². The number of hydrogen-bond donors (Lipinski definition) is 3. The summed E-state index contributed by atoms with van der Waals surface area (Å²) in [5.41, 5.74) is 4.93. The van der Waals surface area contributed by atoms with Crippen molar-refractivity contribution in [2.24, 2.45) is 0 Å². The molecule has 3 N–H and O–H groups in total. The second kappa shape index (κ2) is 11.4. The molecule has 0 spiro atoms. The van der Waals surface area contributed by atoms with Gasteiger partial charge in [0, 0.05) is 44.3 Å². The summed E-state index contributed by atoms with van der Waals surface area (Å²) in [6, 6.07) is 23.8. The number of rotatable bonds is 10. The molecule has 6 nitrogen and oxygen atoms in total. The van der Waals surface area contributed by atoms with Gasteiger partial charge in [0.05, 0.1) is 29.0 Å². The minimum atomic E-state index is -0.184. The van der Waals surface area contributed by atoms with E-state index in [4.69, 9.17) is 4.98 Å². The van der Waals surface area contributed by atoms with Crippen LogP contribution in [0.1, 0.15) is 25.3 Å². The van der Waals surface area contributed by atoms with Crippen LogP contribution in [-0.4, -0.2) is 53.2 Å². The van der Waals surface area contributed by atoms with Crippen molar-refractivity contribution in [3.63, 3.8) is 0 Å². The Morgan fingerprint density at radius 1 is 0.889 bits per heavy atom. The Balaban J connectivity index is 1.18. The van der Waals surface area contributed by atoms with E-state index in [1.54, 1.807) is 6.07 Å². The zero-order chi connectivity index (χ0) is 24.7. The smallest absolute Gasteiger partial charge is 0.204 e. The SMILES string of the molecule is CCNc1ccccc1NCCN1CCC(Nc2nc3ccccc3n2Cc2ccccc2F)CC1. The van der Waals surface area contributed by atoms with Crippen LogP contribution >= 0.6 is 0 Å². The molecule has 5 rings (SSSR count). The summed E-state index contributed by atoms with van der Waals surface area (Å²) in [4.78, 5) is 7.38. The first-order valence-electron chi connectivity index (χ1n) is 13.0. The number of halogens is 1. The maximum absolute atomic E-state index is 14.4. The molecule has 3 aromatic carbocycles. The molecule has 36 heavy (non-hydrogen) atoms. The molecule has 0 atom stereocenters. The molecule has 0 saturated carbocycles. The van der Waals surface area contributed by atoms with Gasteiger partial charge in [0.1, 0.15) is 5.82 Å². The summed E-state index contributed by atoms with van der Waals surface area (Å²) in [5.74, 6) is 0.635. The molecule has 188 valence electrons. The molecular weight excluding hydrogens is 451 g/mol. The number of para-hydroxylation sites is 4. The zero-order valence-corrected chi connectivity index (χ0v) is 20.9. The van der Waals surface area contributed by atoms with Crippen LogP contribution in [0.4, 0.5) is 21.7 Å². The van der Waals surface area contributed by atoms with E-state index in [1.165, 1.54) is 6.07 Å². The fourth-order valence-corrected chi connectivity index (χ4v) is 4.96. The topological polar surface area (TPSA) is 57.1 Å². The summed E-state index contributed by atoms with van der Waals surface area (Å²) in [5, 5.41) is 10.7. The highest BCUT2D eigenvalue weighted by atomic mass is 19.1. The van der Waals surface area contributed by atoms with Crippen LogP contribution in [0, 0.1) is 5.82 Å². The minimum Gasteiger partial charge on any atom is -0.384 e. The summed E-state index contributed by atoms with van der Waals surface area (Å²) in [6.45, 7) is 7.49. The zero-order valence-electron chi connectivity index (χ0n) is 20.9. The molecule has 1 aliphatic rings. The van der Waals surface area contributed by atoms with Crippen LogP contribution in [0.15, 0.2) is 72.8 Å². The van der Waals surface area contributed by atoms with Gasteiger partial charge < -0.3 is 25.4 Å². The molecule has 0 bridgehead atoms. The first-order valence-corrected chi connectivity index (χ1v) is 13.0. The number of hydrogen-bond acceptors (Lipinski definition) is 5. The number of fused-ring (bicyclic) bond motifs is 1. The summed E-state index contributed by atoms with van der Waals surface area (Å²) >= 11 is 0. The van der Waals surface area contributed by atoms with E-state index in [2.05, 4.69) is 62.7 Å². The molecule has 2 heterocycles. The van der Waals surface area contributed by atoms with Gasteiger partial charge in [-0.1, -0.05) is 42.5 Å². The normalized spacial score (nSPS) is 14.7. The quantitative estimate of drug-likeness (QED) is 0.271. The van der Waals surface area contributed by atoms with Gasteiger partial charge in [0.25, 0.3) is 0 Å². The number of aromatic nitrogens is 2. The number of nitrogens with one attached hydrogen (secondary N) is 3. The maximum atomic E-state index is 14.4. The van der Waals surface area contributed by atoms with E-state index < -0.39 is 0 Å². The van der Waals surface area contributed by atoms with Gasteiger partial charge in [0.15, 0.2) is 0 Å². The second-order valence-electron chi connectivity index (χ2n) is 9.36. The Morgan fingerprint density at radius 3 is 2.36 bits per heavy atom. The molecule has 1 saturated heterocycles. The van der Waals surface area contributed by atoms with Crippen molar-refractivity contribution in [3.8, 4) is 0 Å². The van der Waals surface area contributed by atoms with Crippen molar-refractivity contribution < 1.29 is 4.39 Å². The number of piperidine rings is 1. The number of benzene rings is 3. The van der Waals surface area contributed by atoms with Gasteiger partial charge in [-0.15, -0.1) is 0 Å². The molecule has 0 aliphatic carbocycles. The molecule has 1 aromatic heterocycles. The second-order valence-corrected chi connectivity index (χ2v) is 9.36. The molecule has 1 aliphatic heterocycles. The average Bonchev–Trinajstić information content (AvgIpc) is 3.24. The van der Waals surface area contributed by atoms with Crippen molar-refractivity contribution in [2.45, 2.75) is 32.4 Å². The Bertz CT molecular complexity index is 1280. The molecule has 0 amide bonds. The van der Waals surface area contributed by atoms with Crippen molar-refractivity contribution in [2.75, 3.05) is 48.7 Å². The van der Waals surface area contributed by atoms with Gasteiger partial charge in [-0.05, 0) is 50.1 Å². The Labute approximate surface area is 212 Å². The maximum Gasteiger partial charge on any atom is 0.204 e. The van der Waals surface area contributed by atoms with E-state index in [-0.39, 0.29) is 5.82 Å². The monoisotopic (exact) mass is 486 g/mol. The van der Waals surface area contributed by atoms with Crippen LogP contribution in [0.5, 0.6) is 0 Å². The first kappa shape index (κ1) is 24.1. The molecule has 0 unspecified atom stereocenters. The number of imidazole rings is 1. The number of likely N-dealkylation sites (tertiary alicyclic amines) is 1. The van der Waals surface area contributed by atoms with Gasteiger partial charge in [-0.25, -0.2) is 9.37 Å². The van der Waals surface area contributed by atoms with Crippen LogP contribution in [0.3, 0.4) is 0 Å². The fraction of sp³-hybridized carbons (Fsp3) is 0.345. The molecular formula is C29H35FN6. The molecule has 1 fully saturated rings. The third-order valence-electron chi connectivity index (χ3n) is 6.90. The summed E-state index contributed by atoms with van der Waals surface area (Å²) in [6.07, 6.45) is 2.10. The van der Waals surface area contributed by atoms with E-state index in [0.717, 1.165) is 73.9 Å². The lowest BCUT2D eigenvalue weighted by atomic mass is 10.1. The summed E-state index contributed by atoms with van der Waals surface area (Å²) < 4.78 is 16.5. The van der Waals surface area contributed by atoms with Crippen LogP contribution in [0.2, 0.25) is 0 Å². The van der Waals surface area contributed by atoms with Crippen LogP contribution in [-0.2, 0) is 6.54 Å². The van der Waals surface area contributed by atoms with E-state index in [9.17, 15) is 4.39 Å². The average molecular weight is 487 g/mol. The van der Waals surface area contributed by atoms with Crippen molar-refractivity contribution in [1.29, 1.82) is 0 Å². The predicted octanol–water partition coefficient (Wildman–Crippen LogP) is 5.64. The van der Waals surface area contributed by atoms with Crippen LogP contribution in [0.25, 0.3) is 11.0 Å². The third kappa shape index (κ3) is 5.62. The highest BCUT2D eigenvalue weighted by molar-refractivity contribution is 5.78. The van der Waals surface area contributed by atoms with Crippen molar-refractivity contribution in [1.82, 2.24) is 14.5 Å². The Kier molecular flexibility index (Phi) is 7.67. The predicted molar refractivity (Wildman–Crippen MR) is 147 cm³/mol. The lowest BCUT2D eigenvalue weighted by Crippen LogP contribution is -2.41. The number of nitrogens with zero attached hydrogens (tertiary/aromatic N) is 3. The standard InChI is InChI=1S/C29H35FN6/c1-2-31-25-11-5-6-12-26(25)32-17-20-35-18-15-23(16-19-35)33-29-34-27-13-7-8-14-28(27)36(29)21-22-9-3-4-10-24(22)30/h3-14,23,31-32H,2,15-21H2,1H3,(H,33,34). The van der Waals surface area contributed by atoms with Gasteiger partial charge >= 0.3 is 0 Å². The fourth-order valence-electron chi connectivity index (χ4n) is 4.96. The van der Waals surface area contributed by atoms with Crippen molar-refractivity contribution >= 4 is 28.4 Å². The van der Waals surface area contributed by atoms with Crippen LogP contribution < -0.4 is 16.0 Å². The van der Waals surface area contributed by atoms with Gasteiger partial charge in [0.2, 0.25) is 5.95 Å². The van der Waals surface area contributed by atoms with Gasteiger partial charge in [-0.3, -0.25) is 0 Å². The Morgan fingerprint density at radius 2 is 1.58 bits per heavy atom. The first-order chi connectivity index (χ1) is 17.7. The largest absolute Gasteiger partial charge is 0.384 e. The van der Waals surface area contributed by atoms with Crippen molar-refractivity contribution in [3.05, 3.63) is 84.2 Å². The third-order valence-corrected chi connectivity index (χ3v) is 6.90.